The standard InChI is InChI=1S/C42H23BO2S2/c1-5-19-34-24(11-1)26-13-9-15-28(39(26)44-34)30-23-31(29-16-10-14-27-25-12-2-6-20-35(25)45-40(27)29)42-38-41(30)46-36-21-7-3-17-32(36)43(38)33-18-4-8-22-37(33)47-42/h1-23H. The van der Waals surface area contributed by atoms with Crippen LogP contribution >= 0.6 is 23.5 Å². The summed E-state index contributed by atoms with van der Waals surface area (Å²) in [5.41, 5.74) is 12.4. The van der Waals surface area contributed by atoms with Crippen LogP contribution in [0.2, 0.25) is 0 Å². The Hall–Kier alpha value is -5.10. The molecule has 2 aromatic heterocycles. The maximum atomic E-state index is 6.67. The van der Waals surface area contributed by atoms with Gasteiger partial charge in [-0.3, -0.25) is 0 Å². The molecule has 11 rings (SSSR count). The maximum absolute atomic E-state index is 6.67. The Morgan fingerprint density at radius 2 is 0.851 bits per heavy atom. The number of furan rings is 2. The summed E-state index contributed by atoms with van der Waals surface area (Å²) in [4.78, 5) is 5.23. The van der Waals surface area contributed by atoms with Gasteiger partial charge in [-0.1, -0.05) is 144 Å². The van der Waals surface area contributed by atoms with Crippen LogP contribution in [-0.2, 0) is 0 Å². The molecule has 0 bridgehead atoms. The van der Waals surface area contributed by atoms with E-state index in [1.165, 1.54) is 47.1 Å². The van der Waals surface area contributed by atoms with Crippen LogP contribution in [0, 0.1) is 0 Å². The van der Waals surface area contributed by atoms with E-state index in [1.807, 2.05) is 35.7 Å². The third-order valence-corrected chi connectivity index (χ3v) is 12.3. The first-order valence-corrected chi connectivity index (χ1v) is 17.5. The van der Waals surface area contributed by atoms with Gasteiger partial charge in [0.05, 0.1) is 0 Å². The summed E-state index contributed by atoms with van der Waals surface area (Å²) in [6.07, 6.45) is 0. The van der Waals surface area contributed by atoms with Crippen molar-refractivity contribution in [3.63, 3.8) is 0 Å². The second-order valence-corrected chi connectivity index (χ2v) is 14.4. The van der Waals surface area contributed by atoms with Crippen LogP contribution in [0.15, 0.2) is 168 Å². The van der Waals surface area contributed by atoms with Crippen molar-refractivity contribution in [2.24, 2.45) is 0 Å². The maximum Gasteiger partial charge on any atom is 0.247 e. The minimum atomic E-state index is 0.123. The first-order chi connectivity index (χ1) is 23.3. The average Bonchev–Trinajstić information content (AvgIpc) is 3.70. The number of rotatable bonds is 2. The summed E-state index contributed by atoms with van der Waals surface area (Å²) in [5.74, 6) is 0. The minimum Gasteiger partial charge on any atom is -0.455 e. The molecule has 0 aliphatic carbocycles. The zero-order valence-electron chi connectivity index (χ0n) is 25.0. The van der Waals surface area contributed by atoms with E-state index in [0.29, 0.717) is 0 Å². The van der Waals surface area contributed by atoms with Crippen LogP contribution in [0.25, 0.3) is 66.1 Å². The molecule has 47 heavy (non-hydrogen) atoms. The molecular formula is C42H23BO2S2. The Labute approximate surface area is 279 Å². The third-order valence-electron chi connectivity index (χ3n) is 9.83. The van der Waals surface area contributed by atoms with Crippen molar-refractivity contribution in [3.8, 4) is 22.3 Å². The van der Waals surface area contributed by atoms with Gasteiger partial charge in [0.25, 0.3) is 0 Å². The summed E-state index contributed by atoms with van der Waals surface area (Å²) in [6, 6.07) is 50.2. The van der Waals surface area contributed by atoms with E-state index < -0.39 is 0 Å². The van der Waals surface area contributed by atoms with Crippen molar-refractivity contribution in [1.82, 2.24) is 0 Å². The highest BCUT2D eigenvalue weighted by atomic mass is 32.2. The van der Waals surface area contributed by atoms with Crippen molar-refractivity contribution in [2.75, 3.05) is 0 Å². The lowest BCUT2D eigenvalue weighted by atomic mass is 9.36. The fraction of sp³-hybridized carbons (Fsp3) is 0. The molecule has 0 atom stereocenters. The summed E-state index contributed by atoms with van der Waals surface area (Å²) in [5, 5.41) is 4.56. The molecule has 0 radical (unpaired) electrons. The quantitative estimate of drug-likeness (QED) is 0.177. The highest BCUT2D eigenvalue weighted by molar-refractivity contribution is 8.01. The molecule has 2 aliphatic heterocycles. The Balaban J connectivity index is 1.30. The fourth-order valence-corrected chi connectivity index (χ4v) is 10.4. The lowest BCUT2D eigenvalue weighted by Crippen LogP contribution is -2.58. The predicted octanol–water partition coefficient (Wildman–Crippen LogP) is 10.3. The van der Waals surface area contributed by atoms with Crippen LogP contribution in [0.4, 0.5) is 0 Å². The van der Waals surface area contributed by atoms with Gasteiger partial charge in [-0.05, 0) is 46.9 Å². The van der Waals surface area contributed by atoms with E-state index in [0.717, 1.165) is 55.0 Å². The van der Waals surface area contributed by atoms with Crippen LogP contribution in [0.3, 0.4) is 0 Å². The topological polar surface area (TPSA) is 26.3 Å². The molecule has 2 aliphatic rings. The molecule has 4 heterocycles. The molecule has 2 nitrogen and oxygen atoms in total. The van der Waals surface area contributed by atoms with Crippen molar-refractivity contribution in [2.45, 2.75) is 19.6 Å². The second-order valence-electron chi connectivity index (χ2n) is 12.3. The highest BCUT2D eigenvalue weighted by Gasteiger charge is 2.41. The Morgan fingerprint density at radius 3 is 1.38 bits per heavy atom. The van der Waals surface area contributed by atoms with Gasteiger partial charge in [0, 0.05) is 52.3 Å². The van der Waals surface area contributed by atoms with Gasteiger partial charge in [0.2, 0.25) is 6.71 Å². The lowest BCUT2D eigenvalue weighted by Gasteiger charge is -2.35. The number of fused-ring (bicyclic) bond motifs is 10. The molecule has 0 fully saturated rings. The van der Waals surface area contributed by atoms with Gasteiger partial charge >= 0.3 is 0 Å². The first-order valence-electron chi connectivity index (χ1n) is 15.9. The summed E-state index contributed by atoms with van der Waals surface area (Å²) >= 11 is 3.79. The summed E-state index contributed by atoms with van der Waals surface area (Å²) in [7, 11) is 0. The van der Waals surface area contributed by atoms with Crippen molar-refractivity contribution < 1.29 is 8.83 Å². The monoisotopic (exact) mass is 634 g/mol. The molecule has 0 spiro atoms. The normalized spacial score (nSPS) is 13.3. The van der Waals surface area contributed by atoms with Crippen LogP contribution < -0.4 is 16.4 Å². The fourth-order valence-electron chi connectivity index (χ4n) is 7.79. The molecule has 7 aromatic carbocycles. The highest BCUT2D eigenvalue weighted by Crippen LogP contribution is 2.50. The van der Waals surface area contributed by atoms with E-state index >= 15 is 0 Å². The van der Waals surface area contributed by atoms with Crippen molar-refractivity contribution in [3.05, 3.63) is 140 Å². The predicted molar refractivity (Wildman–Crippen MR) is 198 cm³/mol. The van der Waals surface area contributed by atoms with Crippen LogP contribution in [0.5, 0.6) is 0 Å². The Bertz CT molecular complexity index is 2590. The summed E-state index contributed by atoms with van der Waals surface area (Å²) < 4.78 is 13.3. The SMILES string of the molecule is c1ccc2c(c1)Sc1c(-c3cccc4c3oc3ccccc34)cc(-c3cccc4c3oc3ccccc34)c3c1B2c1ccccc1S3. The number of para-hydroxylation sites is 4. The Morgan fingerprint density at radius 1 is 0.404 bits per heavy atom. The molecule has 0 saturated carbocycles. The minimum absolute atomic E-state index is 0.123. The number of hydrogen-bond acceptors (Lipinski definition) is 4. The number of benzene rings is 7. The lowest BCUT2D eigenvalue weighted by molar-refractivity contribution is 0.670. The van der Waals surface area contributed by atoms with Gasteiger partial charge < -0.3 is 8.83 Å². The van der Waals surface area contributed by atoms with Crippen LogP contribution in [0.1, 0.15) is 0 Å². The van der Waals surface area contributed by atoms with E-state index in [4.69, 9.17) is 8.83 Å². The molecule has 5 heteroatoms. The first kappa shape index (κ1) is 26.0. The molecule has 0 N–H and O–H groups in total. The van der Waals surface area contributed by atoms with E-state index in [9.17, 15) is 0 Å². The molecule has 218 valence electrons. The average molecular weight is 635 g/mol. The second kappa shape index (κ2) is 9.71. The molecule has 0 saturated heterocycles. The molecule has 0 amide bonds. The van der Waals surface area contributed by atoms with Crippen molar-refractivity contribution in [1.29, 1.82) is 0 Å². The van der Waals surface area contributed by atoms with Gasteiger partial charge in [0.1, 0.15) is 22.3 Å². The smallest absolute Gasteiger partial charge is 0.247 e. The van der Waals surface area contributed by atoms with Gasteiger partial charge in [-0.2, -0.15) is 0 Å². The molecule has 9 aromatic rings. The summed E-state index contributed by atoms with van der Waals surface area (Å²) in [6.45, 7) is 0.123. The van der Waals surface area contributed by atoms with Crippen LogP contribution in [-0.4, -0.2) is 6.71 Å². The van der Waals surface area contributed by atoms with E-state index in [2.05, 4.69) is 127 Å². The molecule has 0 unspecified atom stereocenters. The largest absolute Gasteiger partial charge is 0.455 e. The zero-order chi connectivity index (χ0) is 30.6. The zero-order valence-corrected chi connectivity index (χ0v) is 26.6. The third kappa shape index (κ3) is 3.61. The van der Waals surface area contributed by atoms with Gasteiger partial charge in [0.15, 0.2) is 0 Å². The van der Waals surface area contributed by atoms with E-state index in [1.54, 1.807) is 0 Å². The van der Waals surface area contributed by atoms with Gasteiger partial charge in [-0.25, -0.2) is 0 Å². The number of hydrogen-bond donors (Lipinski definition) is 0. The van der Waals surface area contributed by atoms with Gasteiger partial charge in [-0.15, -0.1) is 0 Å². The van der Waals surface area contributed by atoms with Crippen molar-refractivity contribution >= 4 is 90.5 Å². The molecular weight excluding hydrogens is 611 g/mol. The Kier molecular flexibility index (Phi) is 5.38. The van der Waals surface area contributed by atoms with E-state index in [-0.39, 0.29) is 6.71 Å².